The van der Waals surface area contributed by atoms with Gasteiger partial charge in [0.05, 0.1) is 0 Å². The van der Waals surface area contributed by atoms with Gasteiger partial charge in [-0.1, -0.05) is 45.1 Å². The molecule has 3 nitrogen and oxygen atoms in total. The van der Waals surface area contributed by atoms with E-state index in [9.17, 15) is 15.3 Å². The quantitative estimate of drug-likeness (QED) is 0.727. The number of aromatic hydroxyl groups is 1. The van der Waals surface area contributed by atoms with E-state index in [2.05, 4.69) is 13.8 Å². The Labute approximate surface area is 119 Å². The van der Waals surface area contributed by atoms with Gasteiger partial charge < -0.3 is 15.3 Å². The van der Waals surface area contributed by atoms with E-state index in [1.165, 1.54) is 6.08 Å². The van der Waals surface area contributed by atoms with Crippen molar-refractivity contribution in [3.63, 3.8) is 0 Å². The lowest BCUT2D eigenvalue weighted by molar-refractivity contribution is -0.144. The summed E-state index contributed by atoms with van der Waals surface area (Å²) in [6.07, 6.45) is 5.09. The average molecular weight is 274 g/mol. The Bertz CT molecular complexity index is 580. The van der Waals surface area contributed by atoms with Crippen LogP contribution in [0.3, 0.4) is 0 Å². The molecule has 0 radical (unpaired) electrons. The van der Waals surface area contributed by atoms with Gasteiger partial charge in [0, 0.05) is 11.3 Å². The predicted octanol–water partition coefficient (Wildman–Crippen LogP) is 2.79. The summed E-state index contributed by atoms with van der Waals surface area (Å²) in [6, 6.07) is 5.57. The number of phenols is 1. The van der Waals surface area contributed by atoms with Crippen molar-refractivity contribution in [1.29, 1.82) is 0 Å². The highest BCUT2D eigenvalue weighted by molar-refractivity contribution is 5.46. The van der Waals surface area contributed by atoms with E-state index in [-0.39, 0.29) is 17.1 Å². The zero-order valence-electron chi connectivity index (χ0n) is 12.4. The van der Waals surface area contributed by atoms with Crippen LogP contribution in [0, 0.1) is 12.8 Å². The summed E-state index contributed by atoms with van der Waals surface area (Å²) in [7, 11) is 0. The monoisotopic (exact) mass is 274 g/mol. The number of rotatable bonds is 2. The van der Waals surface area contributed by atoms with Crippen LogP contribution in [-0.4, -0.2) is 21.1 Å². The lowest BCUT2D eigenvalue weighted by Gasteiger charge is -2.34. The Hall–Kier alpha value is -1.58. The minimum absolute atomic E-state index is 0.264. The lowest BCUT2D eigenvalue weighted by Crippen LogP contribution is -2.36. The van der Waals surface area contributed by atoms with Gasteiger partial charge in [-0.15, -0.1) is 0 Å². The Balaban J connectivity index is 2.41. The lowest BCUT2D eigenvalue weighted by atomic mass is 9.73. The largest absolute Gasteiger partial charge is 0.508 e. The van der Waals surface area contributed by atoms with Gasteiger partial charge >= 0.3 is 0 Å². The molecule has 0 aromatic heterocycles. The first-order chi connectivity index (χ1) is 9.14. The van der Waals surface area contributed by atoms with E-state index in [0.29, 0.717) is 0 Å². The molecule has 1 atom stereocenters. The first-order valence-electron chi connectivity index (χ1n) is 6.81. The zero-order valence-corrected chi connectivity index (χ0v) is 12.4. The Morgan fingerprint density at radius 3 is 2.40 bits per heavy atom. The zero-order chi connectivity index (χ0) is 15.1. The molecule has 0 saturated carbocycles. The molecule has 20 heavy (non-hydrogen) atoms. The molecule has 2 rings (SSSR count). The first kappa shape index (κ1) is 14.8. The Kier molecular flexibility index (Phi) is 3.53. The van der Waals surface area contributed by atoms with E-state index in [4.69, 9.17) is 0 Å². The number of benzene rings is 1. The summed E-state index contributed by atoms with van der Waals surface area (Å²) >= 11 is 0. The molecule has 1 aliphatic carbocycles. The summed E-state index contributed by atoms with van der Waals surface area (Å²) in [5, 5.41) is 29.2. The van der Waals surface area contributed by atoms with Crippen LogP contribution in [0.5, 0.6) is 5.75 Å². The topological polar surface area (TPSA) is 60.7 Å². The summed E-state index contributed by atoms with van der Waals surface area (Å²) in [6.45, 7) is 7.82. The van der Waals surface area contributed by atoms with Crippen molar-refractivity contribution < 1.29 is 15.3 Å². The third kappa shape index (κ3) is 2.51. The van der Waals surface area contributed by atoms with Gasteiger partial charge in [-0.3, -0.25) is 0 Å². The maximum Gasteiger partial charge on any atom is 0.189 e. The van der Waals surface area contributed by atoms with Crippen molar-refractivity contribution in [2.24, 2.45) is 5.92 Å². The van der Waals surface area contributed by atoms with Crippen LogP contribution in [-0.2, 0) is 5.41 Å². The number of hydrogen-bond acceptors (Lipinski definition) is 3. The van der Waals surface area contributed by atoms with Gasteiger partial charge in [-0.25, -0.2) is 0 Å². The molecule has 3 N–H and O–H groups in total. The third-order valence-corrected chi connectivity index (χ3v) is 4.25. The Morgan fingerprint density at radius 1 is 1.20 bits per heavy atom. The minimum atomic E-state index is -1.77. The van der Waals surface area contributed by atoms with Gasteiger partial charge in [0.1, 0.15) is 5.75 Å². The van der Waals surface area contributed by atoms with Crippen molar-refractivity contribution in [2.45, 2.75) is 38.9 Å². The predicted molar refractivity (Wildman–Crippen MR) is 79.4 cm³/mol. The van der Waals surface area contributed by atoms with Crippen molar-refractivity contribution in [1.82, 2.24) is 0 Å². The minimum Gasteiger partial charge on any atom is -0.508 e. The second-order valence-electron chi connectivity index (χ2n) is 6.15. The number of allylic oxidation sites excluding steroid dienone is 2. The molecule has 3 heteroatoms. The molecule has 0 amide bonds. The molecule has 0 bridgehead atoms. The molecule has 108 valence electrons. The fourth-order valence-corrected chi connectivity index (χ4v) is 2.44. The summed E-state index contributed by atoms with van der Waals surface area (Å²) in [5.74, 6) is -1.85. The maximum absolute atomic E-state index is 9.77. The number of aryl methyl sites for hydroxylation is 1. The van der Waals surface area contributed by atoms with Gasteiger partial charge in [0.2, 0.25) is 0 Å². The van der Waals surface area contributed by atoms with Crippen LogP contribution in [0.4, 0.5) is 0 Å². The van der Waals surface area contributed by atoms with Gasteiger partial charge in [-0.2, -0.15) is 0 Å². The van der Waals surface area contributed by atoms with Crippen LogP contribution in [0.2, 0.25) is 0 Å². The van der Waals surface area contributed by atoms with Crippen molar-refractivity contribution in [2.75, 3.05) is 0 Å². The molecule has 1 aromatic rings. The SMILES string of the molecule is Cc1cc(C(C)(C)C2=CC(C)C(O)(O)C=C2)ccc1O. The highest BCUT2D eigenvalue weighted by Crippen LogP contribution is 2.38. The molecule has 0 aliphatic heterocycles. The molecule has 0 spiro atoms. The van der Waals surface area contributed by atoms with Crippen LogP contribution in [0.1, 0.15) is 31.9 Å². The second kappa shape index (κ2) is 4.76. The van der Waals surface area contributed by atoms with Crippen molar-refractivity contribution in [3.05, 3.63) is 53.1 Å². The van der Waals surface area contributed by atoms with Gasteiger partial charge in [0.25, 0.3) is 0 Å². The smallest absolute Gasteiger partial charge is 0.189 e. The summed E-state index contributed by atoms with van der Waals surface area (Å²) in [4.78, 5) is 0. The van der Waals surface area contributed by atoms with Gasteiger partial charge in [-0.05, 0) is 35.8 Å². The standard InChI is InChI=1S/C17H22O3/c1-11-9-13(5-6-15(11)18)16(3,4)14-7-8-17(19,20)12(2)10-14/h5-10,12,18-20H,1-4H3. The van der Waals surface area contributed by atoms with Crippen LogP contribution >= 0.6 is 0 Å². The van der Waals surface area contributed by atoms with Crippen LogP contribution in [0.25, 0.3) is 0 Å². The second-order valence-corrected chi connectivity index (χ2v) is 6.15. The Morgan fingerprint density at radius 2 is 1.85 bits per heavy atom. The highest BCUT2D eigenvalue weighted by atomic mass is 16.5. The normalized spacial score (nSPS) is 21.7. The third-order valence-electron chi connectivity index (χ3n) is 4.25. The molecule has 0 heterocycles. The van der Waals surface area contributed by atoms with E-state index in [1.807, 2.05) is 25.1 Å². The highest BCUT2D eigenvalue weighted by Gasteiger charge is 2.34. The fraction of sp³-hybridized carbons (Fsp3) is 0.412. The van der Waals surface area contributed by atoms with E-state index in [0.717, 1.165) is 16.7 Å². The number of phenolic OH excluding ortho intramolecular Hbond substituents is 1. The summed E-state index contributed by atoms with van der Waals surface area (Å²) in [5.41, 5.74) is 2.69. The van der Waals surface area contributed by atoms with E-state index >= 15 is 0 Å². The fourth-order valence-electron chi connectivity index (χ4n) is 2.44. The van der Waals surface area contributed by atoms with Crippen LogP contribution < -0.4 is 0 Å². The molecule has 1 unspecified atom stereocenters. The van der Waals surface area contributed by atoms with Gasteiger partial charge in [0.15, 0.2) is 5.79 Å². The van der Waals surface area contributed by atoms with Crippen molar-refractivity contribution in [3.8, 4) is 5.75 Å². The van der Waals surface area contributed by atoms with Crippen molar-refractivity contribution >= 4 is 0 Å². The molecular formula is C17H22O3. The molecule has 0 fully saturated rings. The number of aliphatic hydroxyl groups is 2. The summed E-state index contributed by atoms with van der Waals surface area (Å²) < 4.78 is 0. The average Bonchev–Trinajstić information content (AvgIpc) is 2.35. The number of hydrogen-bond donors (Lipinski definition) is 3. The molecule has 1 aromatic carbocycles. The maximum atomic E-state index is 9.77. The first-order valence-corrected chi connectivity index (χ1v) is 6.81. The van der Waals surface area contributed by atoms with E-state index in [1.54, 1.807) is 19.1 Å². The molecule has 1 aliphatic rings. The van der Waals surface area contributed by atoms with E-state index < -0.39 is 5.79 Å². The molecule has 0 saturated heterocycles. The molecular weight excluding hydrogens is 252 g/mol. The van der Waals surface area contributed by atoms with Crippen LogP contribution in [0.15, 0.2) is 42.0 Å².